The second-order valence-electron chi connectivity index (χ2n) is 10.1. The number of nitrogens with zero attached hydrogens (tertiary/aromatic N) is 3. The number of amides is 2. The number of nitro groups is 1. The Hall–Kier alpha value is -5.45. The second-order valence-corrected chi connectivity index (χ2v) is 10.9. The van der Waals surface area contributed by atoms with Gasteiger partial charge in [-0.2, -0.15) is 0 Å². The highest BCUT2D eigenvalue weighted by molar-refractivity contribution is 6.34. The number of carbonyl (C=O) groups excluding carboxylic acids is 4. The highest BCUT2D eigenvalue weighted by atomic mass is 35.5. The first-order valence-electron chi connectivity index (χ1n) is 13.4. The number of imide groups is 1. The van der Waals surface area contributed by atoms with Crippen LogP contribution in [0.3, 0.4) is 0 Å². The van der Waals surface area contributed by atoms with Crippen LogP contribution in [0.5, 0.6) is 0 Å². The summed E-state index contributed by atoms with van der Waals surface area (Å²) in [6.07, 6.45) is 0. The molecule has 6 rings (SSSR count). The van der Waals surface area contributed by atoms with Gasteiger partial charge in [0.05, 0.1) is 38.5 Å². The van der Waals surface area contributed by atoms with Gasteiger partial charge in [0.15, 0.2) is 6.61 Å². The topological polar surface area (TPSA) is 137 Å². The van der Waals surface area contributed by atoms with Crippen molar-refractivity contribution in [1.29, 1.82) is 0 Å². The lowest BCUT2D eigenvalue weighted by atomic mass is 10.0. The number of esters is 1. The minimum atomic E-state index is -0.829. The van der Waals surface area contributed by atoms with Gasteiger partial charge in [0, 0.05) is 27.6 Å². The van der Waals surface area contributed by atoms with Gasteiger partial charge in [-0.05, 0) is 61.0 Å². The van der Waals surface area contributed by atoms with Crippen molar-refractivity contribution >= 4 is 69.0 Å². The van der Waals surface area contributed by atoms with Crippen molar-refractivity contribution in [3.8, 4) is 11.3 Å². The molecule has 222 valence electrons. The van der Waals surface area contributed by atoms with Gasteiger partial charge in [-0.25, -0.2) is 14.7 Å². The van der Waals surface area contributed by atoms with Crippen LogP contribution < -0.4 is 4.90 Å². The molecule has 2 amide bonds. The Bertz CT molecular complexity index is 2080. The van der Waals surface area contributed by atoms with E-state index >= 15 is 0 Å². The highest BCUT2D eigenvalue weighted by Crippen LogP contribution is 2.33. The van der Waals surface area contributed by atoms with Gasteiger partial charge >= 0.3 is 5.97 Å². The third-order valence-corrected chi connectivity index (χ3v) is 8.13. The molecule has 0 aliphatic carbocycles. The van der Waals surface area contributed by atoms with E-state index in [1.165, 1.54) is 18.2 Å². The Morgan fingerprint density at radius 3 is 2.18 bits per heavy atom. The van der Waals surface area contributed by atoms with Crippen LogP contribution in [0, 0.1) is 17.0 Å². The zero-order chi connectivity index (χ0) is 32.0. The van der Waals surface area contributed by atoms with Crippen LogP contribution in [0.25, 0.3) is 22.2 Å². The number of halogens is 2. The molecule has 0 saturated heterocycles. The Balaban J connectivity index is 1.31. The fraction of sp³-hybridized carbons (Fsp3) is 0.0606. The maximum absolute atomic E-state index is 13.4. The quantitative estimate of drug-likeness (QED) is 0.0596. The van der Waals surface area contributed by atoms with Crippen LogP contribution in [-0.2, 0) is 4.74 Å². The van der Waals surface area contributed by atoms with Gasteiger partial charge in [-0.1, -0.05) is 53.5 Å². The number of rotatable bonds is 7. The predicted molar refractivity (Wildman–Crippen MR) is 167 cm³/mol. The number of hydrogen-bond acceptors (Lipinski definition) is 8. The predicted octanol–water partition coefficient (Wildman–Crippen LogP) is 7.27. The molecule has 0 spiro atoms. The summed E-state index contributed by atoms with van der Waals surface area (Å²) in [4.78, 5) is 68.3. The van der Waals surface area contributed by atoms with Crippen molar-refractivity contribution in [3.05, 3.63) is 133 Å². The third kappa shape index (κ3) is 5.30. The van der Waals surface area contributed by atoms with E-state index in [1.807, 2.05) is 0 Å². The lowest BCUT2D eigenvalue weighted by Crippen LogP contribution is -2.29. The summed E-state index contributed by atoms with van der Waals surface area (Å²) >= 11 is 12.2. The molecule has 1 aromatic heterocycles. The molecule has 1 aliphatic heterocycles. The largest absolute Gasteiger partial charge is 0.454 e. The lowest BCUT2D eigenvalue weighted by Gasteiger charge is -2.15. The summed E-state index contributed by atoms with van der Waals surface area (Å²) in [6, 6.07) is 21.4. The van der Waals surface area contributed by atoms with E-state index in [-0.39, 0.29) is 16.1 Å². The monoisotopic (exact) mass is 639 g/mol. The number of pyridine rings is 1. The van der Waals surface area contributed by atoms with Crippen molar-refractivity contribution in [2.24, 2.45) is 0 Å². The number of Topliss-reactive ketones (excluding diaryl/α,β-unsaturated/α-hetero) is 1. The van der Waals surface area contributed by atoms with Gasteiger partial charge in [-0.3, -0.25) is 24.5 Å². The number of carbonyl (C=O) groups is 4. The van der Waals surface area contributed by atoms with E-state index in [0.29, 0.717) is 49.6 Å². The van der Waals surface area contributed by atoms with Gasteiger partial charge in [0.2, 0.25) is 5.78 Å². The Morgan fingerprint density at radius 1 is 0.889 bits per heavy atom. The smallest absolute Gasteiger partial charge is 0.339 e. The van der Waals surface area contributed by atoms with Crippen molar-refractivity contribution in [2.45, 2.75) is 6.92 Å². The van der Waals surface area contributed by atoms with E-state index in [9.17, 15) is 29.3 Å². The number of anilines is 1. The summed E-state index contributed by atoms with van der Waals surface area (Å²) in [6.45, 7) is 1.07. The maximum Gasteiger partial charge on any atom is 0.339 e. The molecule has 1 aliphatic rings. The average Bonchev–Trinajstić information content (AvgIpc) is 3.30. The summed E-state index contributed by atoms with van der Waals surface area (Å²) in [7, 11) is 0. The summed E-state index contributed by atoms with van der Waals surface area (Å²) in [5, 5.41) is 11.9. The van der Waals surface area contributed by atoms with Crippen molar-refractivity contribution in [2.75, 3.05) is 11.5 Å². The van der Waals surface area contributed by atoms with E-state index < -0.39 is 40.8 Å². The average molecular weight is 640 g/mol. The van der Waals surface area contributed by atoms with Gasteiger partial charge in [-0.15, -0.1) is 0 Å². The molecule has 12 heteroatoms. The Morgan fingerprint density at radius 2 is 1.53 bits per heavy atom. The second kappa shape index (κ2) is 11.6. The minimum absolute atomic E-state index is 0.0417. The van der Waals surface area contributed by atoms with Crippen LogP contribution in [-0.4, -0.2) is 40.1 Å². The van der Waals surface area contributed by atoms with E-state index in [0.717, 1.165) is 11.0 Å². The molecular weight excluding hydrogens is 621 g/mol. The molecule has 0 radical (unpaired) electrons. The number of benzene rings is 4. The normalized spacial score (nSPS) is 12.4. The van der Waals surface area contributed by atoms with Crippen molar-refractivity contribution < 1.29 is 28.8 Å². The number of aryl methyl sites for hydroxylation is 1. The van der Waals surface area contributed by atoms with Crippen molar-refractivity contribution in [3.63, 3.8) is 0 Å². The Kier molecular flexibility index (Phi) is 7.61. The molecule has 0 bridgehead atoms. The van der Waals surface area contributed by atoms with Gasteiger partial charge in [0.1, 0.15) is 5.02 Å². The summed E-state index contributed by atoms with van der Waals surface area (Å²) < 4.78 is 5.35. The molecule has 2 heterocycles. The highest BCUT2D eigenvalue weighted by Gasteiger charge is 2.36. The number of fused-ring (bicyclic) bond motifs is 2. The first-order chi connectivity index (χ1) is 21.5. The lowest BCUT2D eigenvalue weighted by molar-refractivity contribution is -0.384. The first kappa shape index (κ1) is 29.6. The van der Waals surface area contributed by atoms with Gasteiger partial charge < -0.3 is 4.74 Å². The molecule has 5 aromatic rings. The number of ether oxygens (including phenoxy) is 1. The van der Waals surface area contributed by atoms with E-state index in [2.05, 4.69) is 0 Å². The maximum atomic E-state index is 13.4. The van der Waals surface area contributed by atoms with Crippen molar-refractivity contribution in [1.82, 2.24) is 4.98 Å². The number of ketones is 1. The molecule has 0 N–H and O–H groups in total. The third-order valence-electron chi connectivity index (χ3n) is 7.40. The number of nitro benzene ring substituents is 1. The SMILES string of the molecule is Cc1c(Cl)ccc2c(C(=O)OCC(=O)c3ccc(Cl)c([N+](=O)[O-])c3)cc(-c3ccc(N4C(=O)c5ccccc5C4=O)cc3)nc12. The molecule has 0 fully saturated rings. The van der Waals surface area contributed by atoms with Crippen LogP contribution in [0.1, 0.15) is 47.0 Å². The standard InChI is InChI=1S/C33H19Cl2N3O7/c1-17-25(34)13-11-21-24(33(42)45-16-29(39)19-8-12-26(35)28(14-19)38(43)44)15-27(36-30(17)21)18-6-9-20(10-7-18)37-31(40)22-4-2-3-5-23(22)32(37)41/h2-15H,16H2,1H3. The van der Waals surface area contributed by atoms with Crippen LogP contribution in [0.15, 0.2) is 84.9 Å². The number of aromatic nitrogens is 1. The fourth-order valence-electron chi connectivity index (χ4n) is 5.04. The molecule has 10 nitrogen and oxygen atoms in total. The molecule has 4 aromatic carbocycles. The summed E-state index contributed by atoms with van der Waals surface area (Å²) in [5.41, 5.74) is 2.61. The van der Waals surface area contributed by atoms with E-state index in [4.69, 9.17) is 32.9 Å². The van der Waals surface area contributed by atoms with E-state index in [1.54, 1.807) is 67.6 Å². The molecular formula is C33H19Cl2N3O7. The number of hydrogen-bond donors (Lipinski definition) is 0. The zero-order valence-electron chi connectivity index (χ0n) is 23.2. The molecule has 0 unspecified atom stereocenters. The van der Waals surface area contributed by atoms with Crippen LogP contribution >= 0.6 is 23.2 Å². The first-order valence-corrected chi connectivity index (χ1v) is 14.1. The Labute approximate surface area is 264 Å². The molecule has 45 heavy (non-hydrogen) atoms. The van der Waals surface area contributed by atoms with Crippen LogP contribution in [0.4, 0.5) is 11.4 Å². The molecule has 0 saturated carbocycles. The summed E-state index contributed by atoms with van der Waals surface area (Å²) in [5.74, 6) is -2.34. The molecule has 0 atom stereocenters. The minimum Gasteiger partial charge on any atom is -0.454 e. The zero-order valence-corrected chi connectivity index (χ0v) is 24.8. The van der Waals surface area contributed by atoms with Crippen LogP contribution in [0.2, 0.25) is 10.0 Å². The van der Waals surface area contributed by atoms with Gasteiger partial charge in [0.25, 0.3) is 17.5 Å². The fourth-order valence-corrected chi connectivity index (χ4v) is 5.38.